The Morgan fingerprint density at radius 2 is 1.95 bits per heavy atom. The number of aryl methyl sites for hydroxylation is 1. The maximum Gasteiger partial charge on any atom is 0.238 e. The number of nitrogens with one attached hydrogen (secondary N) is 1. The zero-order valence-electron chi connectivity index (χ0n) is 12.3. The highest BCUT2D eigenvalue weighted by atomic mass is 32.1. The van der Waals surface area contributed by atoms with Gasteiger partial charge in [-0.05, 0) is 57.2 Å². The van der Waals surface area contributed by atoms with Gasteiger partial charge >= 0.3 is 0 Å². The van der Waals surface area contributed by atoms with Crippen LogP contribution in [0, 0.1) is 11.3 Å². The van der Waals surface area contributed by atoms with Crippen LogP contribution >= 0.6 is 11.3 Å². The Balaban J connectivity index is 1.70. The van der Waals surface area contributed by atoms with Gasteiger partial charge in [-0.1, -0.05) is 6.42 Å². The lowest BCUT2D eigenvalue weighted by Gasteiger charge is -2.25. The molecule has 1 aliphatic carbocycles. The first-order valence-corrected chi connectivity index (χ1v) is 8.66. The van der Waals surface area contributed by atoms with E-state index < -0.39 is 0 Å². The molecule has 2 aliphatic rings. The predicted octanol–water partition coefficient (Wildman–Crippen LogP) is 2.92. The summed E-state index contributed by atoms with van der Waals surface area (Å²) in [7, 11) is 0. The van der Waals surface area contributed by atoms with E-state index in [-0.39, 0.29) is 5.91 Å². The van der Waals surface area contributed by atoms with Crippen LogP contribution in [0.4, 0.5) is 5.69 Å². The number of fused-ring (bicyclic) bond motifs is 1. The number of carbonyl (C=O) groups excluding carboxylic acids is 1. The van der Waals surface area contributed by atoms with Crippen LogP contribution < -0.4 is 5.32 Å². The predicted molar refractivity (Wildman–Crippen MR) is 84.6 cm³/mol. The molecule has 1 aromatic heterocycles. The molecule has 0 aromatic carbocycles. The Kier molecular flexibility index (Phi) is 4.57. The van der Waals surface area contributed by atoms with Gasteiger partial charge < -0.3 is 5.32 Å². The second-order valence-corrected chi connectivity index (χ2v) is 7.02. The van der Waals surface area contributed by atoms with Crippen molar-refractivity contribution in [1.82, 2.24) is 4.90 Å². The molecule has 3 rings (SSSR count). The van der Waals surface area contributed by atoms with Crippen LogP contribution in [-0.4, -0.2) is 30.4 Å². The quantitative estimate of drug-likeness (QED) is 0.934. The van der Waals surface area contributed by atoms with Gasteiger partial charge in [0.25, 0.3) is 0 Å². The van der Waals surface area contributed by atoms with Crippen molar-refractivity contribution < 1.29 is 4.79 Å². The summed E-state index contributed by atoms with van der Waals surface area (Å²) in [5, 5.41) is 12.3. The van der Waals surface area contributed by atoms with Crippen molar-refractivity contribution in [3.8, 4) is 6.07 Å². The second kappa shape index (κ2) is 6.59. The molecule has 0 unspecified atom stereocenters. The van der Waals surface area contributed by atoms with Crippen LogP contribution in [0.1, 0.15) is 47.4 Å². The molecule has 1 aromatic rings. The molecule has 0 radical (unpaired) electrons. The number of carbonyl (C=O) groups is 1. The number of likely N-dealkylation sites (tertiary alicyclic amines) is 1. The summed E-state index contributed by atoms with van der Waals surface area (Å²) in [6.45, 7) is 2.48. The van der Waals surface area contributed by atoms with Crippen LogP contribution in [0.3, 0.4) is 0 Å². The summed E-state index contributed by atoms with van der Waals surface area (Å²) in [5.41, 5.74) is 2.02. The fourth-order valence-corrected chi connectivity index (χ4v) is 4.42. The molecular formula is C16H21N3OS. The van der Waals surface area contributed by atoms with Gasteiger partial charge in [0.05, 0.1) is 12.2 Å². The number of hydrogen-bond acceptors (Lipinski definition) is 4. The lowest BCUT2D eigenvalue weighted by Crippen LogP contribution is -2.37. The van der Waals surface area contributed by atoms with Crippen molar-refractivity contribution in [2.45, 2.75) is 44.9 Å². The summed E-state index contributed by atoms with van der Waals surface area (Å²) in [4.78, 5) is 16.5. The number of rotatable bonds is 3. The van der Waals surface area contributed by atoms with E-state index in [2.05, 4.69) is 16.3 Å². The van der Waals surface area contributed by atoms with Gasteiger partial charge in [0.15, 0.2) is 0 Å². The van der Waals surface area contributed by atoms with E-state index in [1.165, 1.54) is 36.1 Å². The molecule has 1 aliphatic heterocycles. The second-order valence-electron chi connectivity index (χ2n) is 5.91. The molecule has 21 heavy (non-hydrogen) atoms. The van der Waals surface area contributed by atoms with Crippen LogP contribution in [0.15, 0.2) is 0 Å². The molecule has 0 saturated carbocycles. The molecule has 0 atom stereocenters. The SMILES string of the molecule is N#Cc1sc2c(c1NC(=O)CN1CCCCC1)CCCC2. The minimum atomic E-state index is 0.0274. The Hall–Kier alpha value is -1.38. The number of nitriles is 1. The van der Waals surface area contributed by atoms with E-state index in [0.717, 1.165) is 38.0 Å². The molecule has 2 heterocycles. The fraction of sp³-hybridized carbons (Fsp3) is 0.625. The lowest BCUT2D eigenvalue weighted by atomic mass is 9.97. The lowest BCUT2D eigenvalue weighted by molar-refractivity contribution is -0.117. The highest BCUT2D eigenvalue weighted by Gasteiger charge is 2.23. The zero-order valence-corrected chi connectivity index (χ0v) is 13.1. The van der Waals surface area contributed by atoms with E-state index in [1.54, 1.807) is 11.3 Å². The summed E-state index contributed by atoms with van der Waals surface area (Å²) in [5.74, 6) is 0.0274. The van der Waals surface area contributed by atoms with Crippen molar-refractivity contribution in [2.75, 3.05) is 25.0 Å². The number of nitrogens with zero attached hydrogens (tertiary/aromatic N) is 2. The Labute approximate surface area is 129 Å². The summed E-state index contributed by atoms with van der Waals surface area (Å²) < 4.78 is 0. The Bertz CT molecular complexity index is 567. The van der Waals surface area contributed by atoms with Crippen LogP contribution in [-0.2, 0) is 17.6 Å². The average molecular weight is 303 g/mol. The van der Waals surface area contributed by atoms with Gasteiger partial charge in [-0.25, -0.2) is 0 Å². The van der Waals surface area contributed by atoms with Gasteiger partial charge in [0.1, 0.15) is 10.9 Å². The van der Waals surface area contributed by atoms with Gasteiger partial charge in [-0.2, -0.15) is 5.26 Å². The van der Waals surface area contributed by atoms with Gasteiger partial charge in [-0.15, -0.1) is 11.3 Å². The van der Waals surface area contributed by atoms with E-state index in [9.17, 15) is 10.1 Å². The largest absolute Gasteiger partial charge is 0.323 e. The van der Waals surface area contributed by atoms with Crippen molar-refractivity contribution in [2.24, 2.45) is 0 Å². The van der Waals surface area contributed by atoms with Gasteiger partial charge in [0.2, 0.25) is 5.91 Å². The number of piperidine rings is 1. The van der Waals surface area contributed by atoms with E-state index in [1.807, 2.05) is 0 Å². The first-order valence-electron chi connectivity index (χ1n) is 7.85. The first-order chi connectivity index (χ1) is 10.3. The van der Waals surface area contributed by atoms with E-state index in [0.29, 0.717) is 11.4 Å². The molecule has 0 bridgehead atoms. The molecule has 1 saturated heterocycles. The topological polar surface area (TPSA) is 56.1 Å². The Morgan fingerprint density at radius 1 is 1.19 bits per heavy atom. The van der Waals surface area contributed by atoms with Crippen LogP contribution in [0.2, 0.25) is 0 Å². The fourth-order valence-electron chi connectivity index (χ4n) is 3.28. The highest BCUT2D eigenvalue weighted by molar-refractivity contribution is 7.13. The molecule has 1 fully saturated rings. The zero-order chi connectivity index (χ0) is 14.7. The Morgan fingerprint density at radius 3 is 2.71 bits per heavy atom. The van der Waals surface area contributed by atoms with Crippen molar-refractivity contribution >= 4 is 22.9 Å². The minimum Gasteiger partial charge on any atom is -0.323 e. The van der Waals surface area contributed by atoms with Gasteiger partial charge in [0, 0.05) is 4.88 Å². The average Bonchev–Trinajstić information content (AvgIpc) is 2.86. The summed E-state index contributed by atoms with van der Waals surface area (Å²) in [6, 6.07) is 2.25. The van der Waals surface area contributed by atoms with Crippen molar-refractivity contribution in [3.05, 3.63) is 15.3 Å². The minimum absolute atomic E-state index is 0.0274. The number of amides is 1. The van der Waals surface area contributed by atoms with Crippen molar-refractivity contribution in [3.63, 3.8) is 0 Å². The maximum absolute atomic E-state index is 12.3. The monoisotopic (exact) mass is 303 g/mol. The highest BCUT2D eigenvalue weighted by Crippen LogP contribution is 2.37. The van der Waals surface area contributed by atoms with E-state index >= 15 is 0 Å². The van der Waals surface area contributed by atoms with Crippen LogP contribution in [0.5, 0.6) is 0 Å². The number of hydrogen-bond donors (Lipinski definition) is 1. The molecule has 0 spiro atoms. The molecule has 5 heteroatoms. The standard InChI is InChI=1S/C16H21N3OS/c17-10-14-16(12-6-2-3-7-13(12)21-14)18-15(20)11-19-8-4-1-5-9-19/h1-9,11H2,(H,18,20). The molecule has 112 valence electrons. The third-order valence-corrected chi connectivity index (χ3v) is 5.55. The normalized spacial score (nSPS) is 18.8. The molecular weight excluding hydrogens is 282 g/mol. The van der Waals surface area contributed by atoms with Crippen molar-refractivity contribution in [1.29, 1.82) is 5.26 Å². The first kappa shape index (κ1) is 14.6. The number of anilines is 1. The van der Waals surface area contributed by atoms with E-state index in [4.69, 9.17) is 0 Å². The maximum atomic E-state index is 12.3. The third kappa shape index (κ3) is 3.28. The molecule has 4 nitrogen and oxygen atoms in total. The van der Waals surface area contributed by atoms with Crippen LogP contribution in [0.25, 0.3) is 0 Å². The smallest absolute Gasteiger partial charge is 0.238 e. The summed E-state index contributed by atoms with van der Waals surface area (Å²) >= 11 is 1.56. The van der Waals surface area contributed by atoms with Gasteiger partial charge in [-0.3, -0.25) is 9.69 Å². The molecule has 1 N–H and O–H groups in total. The third-order valence-electron chi connectivity index (χ3n) is 4.35. The number of thiophene rings is 1. The molecule has 1 amide bonds. The summed E-state index contributed by atoms with van der Waals surface area (Å²) in [6.07, 6.45) is 8.04.